The van der Waals surface area contributed by atoms with Gasteiger partial charge in [-0.25, -0.2) is 39.9 Å². The molecule has 16 nitrogen and oxygen atoms in total. The molecule has 16 heteroatoms. The summed E-state index contributed by atoms with van der Waals surface area (Å²) in [4.78, 5) is 76.7. The van der Waals surface area contributed by atoms with Gasteiger partial charge in [0.2, 0.25) is 0 Å². The molecule has 0 fully saturated rings. The van der Waals surface area contributed by atoms with Crippen LogP contribution < -0.4 is 0 Å². The molecule has 12 aromatic carbocycles. The lowest BCUT2D eigenvalue weighted by molar-refractivity contribution is 1.24. The molecule has 664 valence electrons. The summed E-state index contributed by atoms with van der Waals surface area (Å²) in [5.74, 6) is 0. The molecule has 0 amide bonds. The van der Waals surface area contributed by atoms with E-state index in [4.69, 9.17) is 39.9 Å². The van der Waals surface area contributed by atoms with Crippen molar-refractivity contribution in [2.75, 3.05) is 0 Å². The van der Waals surface area contributed by atoms with Crippen molar-refractivity contribution < 1.29 is 0 Å². The Morgan fingerprint density at radius 3 is 0.579 bits per heavy atom. The Balaban J connectivity index is 0.000000111. The molecule has 0 saturated carbocycles. The summed E-state index contributed by atoms with van der Waals surface area (Å²) in [6, 6.07) is 131. The second-order valence-corrected chi connectivity index (χ2v) is 33.7. The van der Waals surface area contributed by atoms with Crippen LogP contribution in [0.3, 0.4) is 0 Å². The Hall–Kier alpha value is -18.8. The molecule has 0 bridgehead atoms. The molecule has 0 spiro atoms. The van der Waals surface area contributed by atoms with E-state index >= 15 is 0 Å². The van der Waals surface area contributed by atoms with Crippen molar-refractivity contribution in [3.63, 3.8) is 0 Å². The van der Waals surface area contributed by atoms with Gasteiger partial charge in [0.25, 0.3) is 0 Å². The Morgan fingerprint density at radius 2 is 0.336 bits per heavy atom. The molecule has 0 aliphatic carbocycles. The monoisotopic (exact) mass is 1800 g/mol. The molecule has 0 aliphatic rings. The molecule has 0 aliphatic heterocycles. The molecule has 24 rings (SSSR count). The van der Waals surface area contributed by atoms with Crippen LogP contribution in [0.4, 0.5) is 0 Å². The summed E-state index contributed by atoms with van der Waals surface area (Å²) in [6.45, 7) is 8.56. The molecule has 0 unspecified atom stereocenters. The maximum atomic E-state index is 5.19. The van der Waals surface area contributed by atoms with Crippen LogP contribution >= 0.6 is 0 Å². The van der Waals surface area contributed by atoms with Crippen LogP contribution in [0.2, 0.25) is 0 Å². The van der Waals surface area contributed by atoms with Crippen LogP contribution in [0.25, 0.3) is 224 Å². The number of benzene rings is 12. The third kappa shape index (κ3) is 18.6. The first kappa shape index (κ1) is 87.8. The van der Waals surface area contributed by atoms with E-state index in [0.29, 0.717) is 0 Å². The lowest BCUT2D eigenvalue weighted by atomic mass is 9.91. The van der Waals surface area contributed by atoms with Gasteiger partial charge < -0.3 is 0 Å². The van der Waals surface area contributed by atoms with E-state index in [1.165, 1.54) is 0 Å². The number of pyridine rings is 8. The molecular weight excluding hydrogens is 1710 g/mol. The van der Waals surface area contributed by atoms with Gasteiger partial charge in [-0.2, -0.15) is 0 Å². The Bertz CT molecular complexity index is 7510. The Kier molecular flexibility index (Phi) is 25.4. The summed E-state index contributed by atoms with van der Waals surface area (Å²) >= 11 is 0. The summed E-state index contributed by atoms with van der Waals surface area (Å²) < 4.78 is 0. The second-order valence-electron chi connectivity index (χ2n) is 33.7. The number of nitrogens with zero attached hydrogens (tertiary/aromatic N) is 16. The zero-order chi connectivity index (χ0) is 94.5. The van der Waals surface area contributed by atoms with E-state index in [-0.39, 0.29) is 0 Å². The highest BCUT2D eigenvalue weighted by Crippen LogP contribution is 2.47. The van der Waals surface area contributed by atoms with Gasteiger partial charge in [0.1, 0.15) is 0 Å². The van der Waals surface area contributed by atoms with Crippen LogP contribution in [-0.4, -0.2) is 79.7 Å². The SMILES string of the molecule is Cc1cc(-c2nc3ccccc3nc2-c2cc(C)c(-c3ccccn3)cc2C)c(C)cc1-c1ccccn1.c1ccc(-c2ccccc2-c2nc3ccccc3nc2-c2ccccc2-c2ccccn2)nc1.c1ccc(-c2nc3ccccc3nc2-c2ccccc2-c2ccncc2)c(-c2ccncc2)c1.c1cncc(-c2ccccc2-c2nc3ccccc3nc2-c2ccccc2-c2cccnc2)c1. The molecular formula is C124H88N16. The molecule has 12 heterocycles. The van der Waals surface area contributed by atoms with E-state index < -0.39 is 0 Å². The zero-order valence-electron chi connectivity index (χ0n) is 77.0. The van der Waals surface area contributed by atoms with E-state index in [1.54, 1.807) is 12.4 Å². The van der Waals surface area contributed by atoms with Crippen LogP contribution in [0.1, 0.15) is 22.3 Å². The largest absolute Gasteiger partial charge is 0.265 e. The number of aromatic nitrogens is 16. The number of rotatable bonds is 16. The average molecular weight is 1800 g/mol. The zero-order valence-corrected chi connectivity index (χ0v) is 77.0. The first-order chi connectivity index (χ1) is 69.1. The fraction of sp³-hybridized carbons (Fsp3) is 0.0323. The smallest absolute Gasteiger partial charge is 0.0980 e. The minimum atomic E-state index is 0.823. The maximum Gasteiger partial charge on any atom is 0.0980 e. The van der Waals surface area contributed by atoms with Gasteiger partial charge in [-0.3, -0.25) is 39.9 Å². The fourth-order valence-corrected chi connectivity index (χ4v) is 18.0. The third-order valence-corrected chi connectivity index (χ3v) is 24.7. The highest BCUT2D eigenvalue weighted by Gasteiger charge is 2.27. The third-order valence-electron chi connectivity index (χ3n) is 24.7. The van der Waals surface area contributed by atoms with Gasteiger partial charge >= 0.3 is 0 Å². The minimum Gasteiger partial charge on any atom is -0.265 e. The molecule has 0 N–H and O–H groups in total. The van der Waals surface area contributed by atoms with E-state index in [2.05, 4.69) is 213 Å². The Labute approximate surface area is 810 Å². The lowest BCUT2D eigenvalue weighted by Gasteiger charge is -2.17. The molecule has 12 aromatic heterocycles. The number of hydrogen-bond donors (Lipinski definition) is 0. The molecule has 24 aromatic rings. The van der Waals surface area contributed by atoms with Crippen LogP contribution in [0.15, 0.2) is 463 Å². The number of para-hydroxylation sites is 8. The van der Waals surface area contributed by atoms with Crippen LogP contribution in [0.5, 0.6) is 0 Å². The van der Waals surface area contributed by atoms with E-state index in [1.807, 2.05) is 305 Å². The number of fused-ring (bicyclic) bond motifs is 4. The van der Waals surface area contributed by atoms with Crippen molar-refractivity contribution in [3.05, 3.63) is 485 Å². The highest BCUT2D eigenvalue weighted by molar-refractivity contribution is 6.00. The lowest BCUT2D eigenvalue weighted by Crippen LogP contribution is -2.00. The topological polar surface area (TPSA) is 206 Å². The number of hydrogen-bond acceptors (Lipinski definition) is 16. The van der Waals surface area contributed by atoms with Crippen LogP contribution in [-0.2, 0) is 0 Å². The number of aryl methyl sites for hydroxylation is 4. The van der Waals surface area contributed by atoms with Crippen molar-refractivity contribution in [1.29, 1.82) is 0 Å². The average Bonchev–Trinajstić information content (AvgIpc) is 0.812. The molecule has 0 atom stereocenters. The summed E-state index contributed by atoms with van der Waals surface area (Å²) in [5, 5.41) is 0. The molecule has 0 saturated heterocycles. The van der Waals surface area contributed by atoms with Gasteiger partial charge in [-0.1, -0.05) is 231 Å². The van der Waals surface area contributed by atoms with E-state index in [9.17, 15) is 0 Å². The van der Waals surface area contributed by atoms with Gasteiger partial charge in [0.05, 0.1) is 112 Å². The van der Waals surface area contributed by atoms with Crippen molar-refractivity contribution in [2.45, 2.75) is 27.7 Å². The van der Waals surface area contributed by atoms with E-state index in [0.717, 1.165) is 246 Å². The van der Waals surface area contributed by atoms with Gasteiger partial charge in [0.15, 0.2) is 0 Å². The van der Waals surface area contributed by atoms with Gasteiger partial charge in [-0.15, -0.1) is 0 Å². The fourth-order valence-electron chi connectivity index (χ4n) is 18.0. The standard InChI is InChI=1S/C34H28N4.3C30H20N4/c1-21-19-27(23(3)17-25(21)29-11-7-9-15-35-29)33-34(38-32-14-6-5-13-31(32)37-33)28-20-22(2)26(18-24(28)4)30-12-8-10-16-36-30;1-3-13-23(21(11-1)25-15-7-9-19-31-25)29-30(34-28-18-6-5-17-27(28)33-29)24-14-4-2-12-22(24)26-16-8-10-20-32-26;1-3-13-25(23(11-1)21-9-7-17-31-19-21)29-30(34-28-16-6-5-15-27(28)33-29)26-14-4-2-12-24(26)22-10-8-18-32-20-22;1-3-9-25(23(7-1)21-13-17-31-18-14-21)29-30(34-28-12-6-5-11-27(28)33-29)26-10-4-2-8-24(26)22-15-19-32-20-16-22/h5-20H,1-4H3;3*1-20H. The van der Waals surface area contributed by atoms with Crippen molar-refractivity contribution in [2.24, 2.45) is 0 Å². The maximum absolute atomic E-state index is 5.19. The normalized spacial score (nSPS) is 11.0. The van der Waals surface area contributed by atoms with Crippen molar-refractivity contribution in [1.82, 2.24) is 79.7 Å². The highest BCUT2D eigenvalue weighted by atomic mass is 14.9. The second kappa shape index (κ2) is 40.6. The predicted molar refractivity (Wildman–Crippen MR) is 566 cm³/mol. The summed E-state index contributed by atoms with van der Waals surface area (Å²) in [6.07, 6.45) is 21.9. The minimum absolute atomic E-state index is 0.823. The summed E-state index contributed by atoms with van der Waals surface area (Å²) in [5.41, 5.74) is 43.3. The quantitative estimate of drug-likeness (QED) is 0.0881. The van der Waals surface area contributed by atoms with Gasteiger partial charge in [-0.05, 0) is 241 Å². The van der Waals surface area contributed by atoms with Crippen molar-refractivity contribution in [3.8, 4) is 180 Å². The predicted octanol–water partition coefficient (Wildman–Crippen LogP) is 29.6. The first-order valence-corrected chi connectivity index (χ1v) is 46.3. The Morgan fingerprint density at radius 1 is 0.136 bits per heavy atom. The van der Waals surface area contributed by atoms with Gasteiger partial charge in [0, 0.05) is 152 Å². The van der Waals surface area contributed by atoms with Crippen molar-refractivity contribution >= 4 is 44.1 Å². The molecule has 0 radical (unpaired) electrons. The first-order valence-electron chi connectivity index (χ1n) is 46.3. The molecule has 140 heavy (non-hydrogen) atoms. The summed E-state index contributed by atoms with van der Waals surface area (Å²) in [7, 11) is 0. The van der Waals surface area contributed by atoms with Crippen LogP contribution in [0, 0.1) is 27.7 Å².